The number of rotatable bonds is 2. The molecule has 1 saturated heterocycles. The molecule has 0 saturated carbocycles. The fourth-order valence-corrected chi connectivity index (χ4v) is 2.51. The lowest BCUT2D eigenvalue weighted by molar-refractivity contribution is 0.0474. The summed E-state index contributed by atoms with van der Waals surface area (Å²) in [7, 11) is 0. The SMILES string of the molecule is O=C(c1ccc(C#CCCO)c(Cl)c1)N1CCCC(O)C1. The van der Waals surface area contributed by atoms with Crippen molar-refractivity contribution in [3.05, 3.63) is 34.3 Å². The third-order valence-electron chi connectivity index (χ3n) is 3.36. The van der Waals surface area contributed by atoms with Crippen molar-refractivity contribution in [1.29, 1.82) is 0 Å². The van der Waals surface area contributed by atoms with Crippen LogP contribution in [0.15, 0.2) is 18.2 Å². The van der Waals surface area contributed by atoms with Crippen LogP contribution in [0.3, 0.4) is 0 Å². The Labute approximate surface area is 129 Å². The van der Waals surface area contributed by atoms with E-state index in [4.69, 9.17) is 16.7 Å². The van der Waals surface area contributed by atoms with Gasteiger partial charge in [-0.3, -0.25) is 4.79 Å². The van der Waals surface area contributed by atoms with Gasteiger partial charge in [0.2, 0.25) is 0 Å². The van der Waals surface area contributed by atoms with Crippen LogP contribution in [0.25, 0.3) is 0 Å². The van der Waals surface area contributed by atoms with Crippen LogP contribution in [0.5, 0.6) is 0 Å². The van der Waals surface area contributed by atoms with Crippen molar-refractivity contribution >= 4 is 17.5 Å². The third-order valence-corrected chi connectivity index (χ3v) is 3.67. The Hall–Kier alpha value is -1.54. The number of benzene rings is 1. The minimum atomic E-state index is -0.443. The van der Waals surface area contributed by atoms with Crippen LogP contribution >= 0.6 is 11.6 Å². The van der Waals surface area contributed by atoms with E-state index in [9.17, 15) is 9.90 Å². The Bertz CT molecular complexity index is 577. The first-order valence-corrected chi connectivity index (χ1v) is 7.36. The summed E-state index contributed by atoms with van der Waals surface area (Å²) in [5, 5.41) is 18.7. The molecule has 0 aliphatic carbocycles. The number of carbonyl (C=O) groups excluding carboxylic acids is 1. The van der Waals surface area contributed by atoms with Gasteiger partial charge >= 0.3 is 0 Å². The van der Waals surface area contributed by atoms with Crippen molar-refractivity contribution < 1.29 is 15.0 Å². The normalized spacial score (nSPS) is 18.0. The van der Waals surface area contributed by atoms with Gasteiger partial charge in [-0.15, -0.1) is 0 Å². The zero-order valence-corrected chi connectivity index (χ0v) is 12.4. The van der Waals surface area contributed by atoms with E-state index in [0.717, 1.165) is 12.8 Å². The zero-order valence-electron chi connectivity index (χ0n) is 11.7. The molecule has 1 aliphatic heterocycles. The van der Waals surface area contributed by atoms with Crippen LogP contribution in [0.2, 0.25) is 5.02 Å². The number of hydrogen-bond acceptors (Lipinski definition) is 3. The number of β-amino-alcohol motifs (C(OH)–C–C–N with tert-alkyl or cyclic N) is 1. The second-order valence-corrected chi connectivity index (χ2v) is 5.42. The quantitative estimate of drug-likeness (QED) is 0.817. The topological polar surface area (TPSA) is 60.8 Å². The molecule has 0 aromatic heterocycles. The van der Waals surface area contributed by atoms with E-state index in [0.29, 0.717) is 35.7 Å². The Kier molecular flexibility index (Phi) is 5.63. The number of aliphatic hydroxyl groups is 2. The van der Waals surface area contributed by atoms with E-state index in [1.807, 2.05) is 0 Å². The summed E-state index contributed by atoms with van der Waals surface area (Å²) >= 11 is 6.13. The van der Waals surface area contributed by atoms with Gasteiger partial charge < -0.3 is 15.1 Å². The summed E-state index contributed by atoms with van der Waals surface area (Å²) < 4.78 is 0. The summed E-state index contributed by atoms with van der Waals surface area (Å²) in [6, 6.07) is 5.01. The van der Waals surface area contributed by atoms with E-state index in [2.05, 4.69) is 11.8 Å². The molecule has 21 heavy (non-hydrogen) atoms. The molecule has 1 unspecified atom stereocenters. The second-order valence-electron chi connectivity index (χ2n) is 5.02. The summed E-state index contributed by atoms with van der Waals surface area (Å²) in [6.45, 7) is 1.04. The molecule has 5 heteroatoms. The number of nitrogens with zero attached hydrogens (tertiary/aromatic N) is 1. The average Bonchev–Trinajstić information content (AvgIpc) is 2.48. The highest BCUT2D eigenvalue weighted by Gasteiger charge is 2.23. The van der Waals surface area contributed by atoms with Crippen LogP contribution in [0.4, 0.5) is 0 Å². The number of carbonyl (C=O) groups is 1. The van der Waals surface area contributed by atoms with E-state index in [-0.39, 0.29) is 12.5 Å². The third kappa shape index (κ3) is 4.21. The first kappa shape index (κ1) is 15.8. The van der Waals surface area contributed by atoms with Crippen molar-refractivity contribution in [2.45, 2.75) is 25.4 Å². The van der Waals surface area contributed by atoms with Gasteiger partial charge in [-0.1, -0.05) is 23.4 Å². The largest absolute Gasteiger partial charge is 0.395 e. The maximum Gasteiger partial charge on any atom is 0.253 e. The molecule has 0 bridgehead atoms. The summed E-state index contributed by atoms with van der Waals surface area (Å²) in [5.74, 6) is 5.54. The van der Waals surface area contributed by atoms with Gasteiger partial charge in [-0.2, -0.15) is 0 Å². The predicted molar refractivity (Wildman–Crippen MR) is 81.2 cm³/mol. The highest BCUT2D eigenvalue weighted by atomic mass is 35.5. The van der Waals surface area contributed by atoms with Crippen molar-refractivity contribution in [1.82, 2.24) is 4.90 Å². The molecule has 4 nitrogen and oxygen atoms in total. The molecule has 1 amide bonds. The van der Waals surface area contributed by atoms with Gasteiger partial charge in [0.05, 0.1) is 17.7 Å². The number of piperidine rings is 1. The number of aliphatic hydroxyl groups excluding tert-OH is 2. The summed E-state index contributed by atoms with van der Waals surface area (Å²) in [4.78, 5) is 14.0. The summed E-state index contributed by atoms with van der Waals surface area (Å²) in [5.41, 5.74) is 1.14. The Morgan fingerprint density at radius 1 is 1.48 bits per heavy atom. The molecule has 2 rings (SSSR count). The molecule has 112 valence electrons. The Morgan fingerprint density at radius 3 is 2.95 bits per heavy atom. The highest BCUT2D eigenvalue weighted by Crippen LogP contribution is 2.20. The fourth-order valence-electron chi connectivity index (χ4n) is 2.28. The molecule has 1 aromatic rings. The average molecular weight is 308 g/mol. The van der Waals surface area contributed by atoms with Gasteiger partial charge in [0.15, 0.2) is 0 Å². The molecule has 1 aromatic carbocycles. The molecule has 1 atom stereocenters. The molecule has 1 aliphatic rings. The van der Waals surface area contributed by atoms with Gasteiger partial charge in [0.1, 0.15) is 0 Å². The fraction of sp³-hybridized carbons (Fsp3) is 0.438. The monoisotopic (exact) mass is 307 g/mol. The van der Waals surface area contributed by atoms with Gasteiger partial charge in [-0.25, -0.2) is 0 Å². The van der Waals surface area contributed by atoms with Crippen LogP contribution in [0, 0.1) is 11.8 Å². The number of amides is 1. The predicted octanol–water partition coefficient (Wildman–Crippen LogP) is 1.67. The minimum absolute atomic E-state index is 0.0124. The number of likely N-dealkylation sites (tertiary alicyclic amines) is 1. The maximum atomic E-state index is 12.4. The first-order chi connectivity index (χ1) is 10.1. The molecule has 0 radical (unpaired) electrons. The smallest absolute Gasteiger partial charge is 0.253 e. The van der Waals surface area contributed by atoms with Gasteiger partial charge in [0.25, 0.3) is 5.91 Å². The lowest BCUT2D eigenvalue weighted by Gasteiger charge is -2.30. The zero-order chi connectivity index (χ0) is 15.2. The van der Waals surface area contributed by atoms with Crippen molar-refractivity contribution in [2.24, 2.45) is 0 Å². The van der Waals surface area contributed by atoms with Crippen LogP contribution in [0.1, 0.15) is 35.2 Å². The highest BCUT2D eigenvalue weighted by molar-refractivity contribution is 6.32. The van der Waals surface area contributed by atoms with E-state index in [1.165, 1.54) is 0 Å². The number of halogens is 1. The number of hydrogen-bond donors (Lipinski definition) is 2. The van der Waals surface area contributed by atoms with Crippen molar-refractivity contribution in [3.8, 4) is 11.8 Å². The van der Waals surface area contributed by atoms with E-state index >= 15 is 0 Å². The van der Waals surface area contributed by atoms with E-state index < -0.39 is 6.10 Å². The molecular weight excluding hydrogens is 290 g/mol. The lowest BCUT2D eigenvalue weighted by atomic mass is 10.1. The molecule has 2 N–H and O–H groups in total. The first-order valence-electron chi connectivity index (χ1n) is 6.98. The second kappa shape index (κ2) is 7.46. The standard InChI is InChI=1S/C16H18ClNO3/c17-15-10-13(7-6-12(15)4-1-2-9-19)16(21)18-8-3-5-14(20)11-18/h6-7,10,14,19-20H,2-3,5,8-9,11H2. The van der Waals surface area contributed by atoms with Gasteiger partial charge in [0, 0.05) is 30.6 Å². The van der Waals surface area contributed by atoms with Crippen LogP contribution in [-0.4, -0.2) is 46.8 Å². The summed E-state index contributed by atoms with van der Waals surface area (Å²) in [6.07, 6.45) is 1.50. The van der Waals surface area contributed by atoms with E-state index in [1.54, 1.807) is 23.1 Å². The van der Waals surface area contributed by atoms with Gasteiger partial charge in [-0.05, 0) is 31.0 Å². The van der Waals surface area contributed by atoms with Crippen molar-refractivity contribution in [2.75, 3.05) is 19.7 Å². The maximum absolute atomic E-state index is 12.4. The molecule has 0 spiro atoms. The Morgan fingerprint density at radius 2 is 2.29 bits per heavy atom. The van der Waals surface area contributed by atoms with Crippen LogP contribution in [-0.2, 0) is 0 Å². The Balaban J connectivity index is 2.12. The van der Waals surface area contributed by atoms with Crippen LogP contribution < -0.4 is 0 Å². The molecule has 1 heterocycles. The minimum Gasteiger partial charge on any atom is -0.395 e. The molecule has 1 fully saturated rings. The lowest BCUT2D eigenvalue weighted by Crippen LogP contribution is -2.42. The van der Waals surface area contributed by atoms with Crippen molar-refractivity contribution in [3.63, 3.8) is 0 Å². The molecular formula is C16H18ClNO3.